The number of morpholine rings is 1. The van der Waals surface area contributed by atoms with Crippen LogP contribution in [-0.4, -0.2) is 54.2 Å². The Morgan fingerprint density at radius 1 is 1.27 bits per heavy atom. The number of nitrogens with zero attached hydrogens (tertiary/aromatic N) is 2. The van der Waals surface area contributed by atoms with Gasteiger partial charge in [-0.05, 0) is 27.7 Å². The first-order chi connectivity index (χ1) is 7.08. The van der Waals surface area contributed by atoms with Crippen molar-refractivity contribution in [3.8, 4) is 0 Å². The molecule has 1 aliphatic heterocycles. The summed E-state index contributed by atoms with van der Waals surface area (Å²) in [6, 6.07) is 0.141. The third kappa shape index (κ3) is 3.09. The molecule has 1 fully saturated rings. The minimum Gasteiger partial charge on any atom is -0.372 e. The predicted octanol–water partition coefficient (Wildman–Crippen LogP) is 1.56. The molecule has 0 radical (unpaired) electrons. The summed E-state index contributed by atoms with van der Waals surface area (Å²) in [7, 11) is 0. The van der Waals surface area contributed by atoms with Gasteiger partial charge in [0.05, 0.1) is 12.2 Å². The Labute approximate surface area is 92.2 Å². The lowest BCUT2D eigenvalue weighted by Crippen LogP contribution is -2.52. The molecule has 1 heterocycles. The largest absolute Gasteiger partial charge is 0.372 e. The number of amides is 2. The highest BCUT2D eigenvalue weighted by molar-refractivity contribution is 5.74. The number of carbonyl (C=O) groups excluding carboxylic acids is 1. The number of carbonyl (C=O) groups is 1. The van der Waals surface area contributed by atoms with Crippen molar-refractivity contribution in [2.24, 2.45) is 0 Å². The number of hydrogen-bond acceptors (Lipinski definition) is 2. The third-order valence-corrected chi connectivity index (χ3v) is 2.72. The van der Waals surface area contributed by atoms with Gasteiger partial charge in [0.2, 0.25) is 0 Å². The van der Waals surface area contributed by atoms with Crippen LogP contribution in [0.25, 0.3) is 0 Å². The maximum atomic E-state index is 12.0. The summed E-state index contributed by atoms with van der Waals surface area (Å²) in [5.41, 5.74) is 0. The summed E-state index contributed by atoms with van der Waals surface area (Å²) < 4.78 is 5.60. The van der Waals surface area contributed by atoms with Gasteiger partial charge in [0.15, 0.2) is 0 Å². The van der Waals surface area contributed by atoms with Gasteiger partial charge in [0.1, 0.15) is 0 Å². The molecule has 1 aliphatic rings. The van der Waals surface area contributed by atoms with Crippen LogP contribution in [0.15, 0.2) is 0 Å². The van der Waals surface area contributed by atoms with Crippen LogP contribution in [0, 0.1) is 0 Å². The van der Waals surface area contributed by atoms with Crippen molar-refractivity contribution in [3.05, 3.63) is 0 Å². The molecule has 1 rings (SSSR count). The maximum Gasteiger partial charge on any atom is 0.320 e. The quantitative estimate of drug-likeness (QED) is 0.699. The van der Waals surface area contributed by atoms with E-state index in [1.54, 1.807) is 0 Å². The zero-order chi connectivity index (χ0) is 11.4. The van der Waals surface area contributed by atoms with Gasteiger partial charge in [-0.3, -0.25) is 0 Å². The van der Waals surface area contributed by atoms with Crippen molar-refractivity contribution >= 4 is 6.03 Å². The molecule has 2 amide bonds. The Kier molecular flexibility index (Phi) is 4.39. The Bertz CT molecular complexity index is 207. The summed E-state index contributed by atoms with van der Waals surface area (Å²) in [6.45, 7) is 11.0. The SMILES string of the molecule is CCN(CC)C(=O)N1C[C@@H](C)O[C@@H](C)C1. The molecule has 0 saturated carbocycles. The molecular formula is C11H22N2O2. The van der Waals surface area contributed by atoms with Gasteiger partial charge in [-0.1, -0.05) is 0 Å². The minimum absolute atomic E-state index is 0.141. The summed E-state index contributed by atoms with van der Waals surface area (Å²) >= 11 is 0. The van der Waals surface area contributed by atoms with Crippen LogP contribution < -0.4 is 0 Å². The Balaban J connectivity index is 2.58. The van der Waals surface area contributed by atoms with Gasteiger partial charge in [0, 0.05) is 26.2 Å². The second kappa shape index (κ2) is 5.35. The molecule has 15 heavy (non-hydrogen) atoms. The monoisotopic (exact) mass is 214 g/mol. The van der Waals surface area contributed by atoms with Crippen LogP contribution in [-0.2, 0) is 4.74 Å². The van der Waals surface area contributed by atoms with Gasteiger partial charge >= 0.3 is 6.03 Å². The van der Waals surface area contributed by atoms with E-state index in [-0.39, 0.29) is 18.2 Å². The first-order valence-electron chi connectivity index (χ1n) is 5.77. The van der Waals surface area contributed by atoms with Crippen molar-refractivity contribution in [2.45, 2.75) is 39.9 Å². The van der Waals surface area contributed by atoms with Gasteiger partial charge in [-0.15, -0.1) is 0 Å². The molecule has 2 atom stereocenters. The molecule has 1 saturated heterocycles. The molecule has 0 aromatic heterocycles. The van der Waals surface area contributed by atoms with Crippen molar-refractivity contribution < 1.29 is 9.53 Å². The van der Waals surface area contributed by atoms with Gasteiger partial charge in [-0.25, -0.2) is 4.79 Å². The lowest BCUT2D eigenvalue weighted by Gasteiger charge is -2.37. The molecule has 0 unspecified atom stereocenters. The van der Waals surface area contributed by atoms with Gasteiger partial charge in [0.25, 0.3) is 0 Å². The number of ether oxygens (including phenoxy) is 1. The molecule has 0 aromatic rings. The van der Waals surface area contributed by atoms with Crippen LogP contribution >= 0.6 is 0 Å². The van der Waals surface area contributed by atoms with E-state index in [1.807, 2.05) is 37.5 Å². The molecule has 4 heteroatoms. The number of urea groups is 1. The van der Waals surface area contributed by atoms with E-state index in [0.717, 1.165) is 13.1 Å². The fraction of sp³-hybridized carbons (Fsp3) is 0.909. The first kappa shape index (κ1) is 12.3. The summed E-state index contributed by atoms with van der Waals surface area (Å²) in [5.74, 6) is 0. The molecule has 0 aliphatic carbocycles. The lowest BCUT2D eigenvalue weighted by molar-refractivity contribution is -0.0579. The summed E-state index contributed by atoms with van der Waals surface area (Å²) in [4.78, 5) is 15.8. The van der Waals surface area contributed by atoms with Crippen LogP contribution in [0.1, 0.15) is 27.7 Å². The van der Waals surface area contributed by atoms with E-state index >= 15 is 0 Å². The smallest absolute Gasteiger partial charge is 0.320 e. The highest BCUT2D eigenvalue weighted by atomic mass is 16.5. The normalized spacial score (nSPS) is 26.5. The summed E-state index contributed by atoms with van der Waals surface area (Å²) in [6.07, 6.45) is 0.293. The van der Waals surface area contributed by atoms with E-state index in [1.165, 1.54) is 0 Å². The second-order valence-electron chi connectivity index (χ2n) is 4.12. The zero-order valence-electron chi connectivity index (χ0n) is 10.2. The van der Waals surface area contributed by atoms with Crippen molar-refractivity contribution in [2.75, 3.05) is 26.2 Å². The maximum absolute atomic E-state index is 12.0. The number of rotatable bonds is 2. The van der Waals surface area contributed by atoms with Crippen molar-refractivity contribution in [1.82, 2.24) is 9.80 Å². The third-order valence-electron chi connectivity index (χ3n) is 2.72. The van der Waals surface area contributed by atoms with Crippen LogP contribution in [0.2, 0.25) is 0 Å². The Morgan fingerprint density at radius 3 is 2.13 bits per heavy atom. The fourth-order valence-electron chi connectivity index (χ4n) is 2.03. The van der Waals surface area contributed by atoms with E-state index < -0.39 is 0 Å². The van der Waals surface area contributed by atoms with Crippen molar-refractivity contribution in [1.29, 1.82) is 0 Å². The molecule has 0 bridgehead atoms. The molecular weight excluding hydrogens is 192 g/mol. The molecule has 0 N–H and O–H groups in total. The Morgan fingerprint density at radius 2 is 1.73 bits per heavy atom. The average molecular weight is 214 g/mol. The first-order valence-corrected chi connectivity index (χ1v) is 5.77. The molecule has 4 nitrogen and oxygen atoms in total. The van der Waals surface area contributed by atoms with Crippen molar-refractivity contribution in [3.63, 3.8) is 0 Å². The van der Waals surface area contributed by atoms with E-state index in [2.05, 4.69) is 0 Å². The minimum atomic E-state index is 0.141. The molecule has 0 spiro atoms. The Hall–Kier alpha value is -0.770. The second-order valence-corrected chi connectivity index (χ2v) is 4.12. The van der Waals surface area contributed by atoms with Gasteiger partial charge < -0.3 is 14.5 Å². The van der Waals surface area contributed by atoms with E-state index in [4.69, 9.17) is 4.74 Å². The van der Waals surface area contributed by atoms with Crippen LogP contribution in [0.3, 0.4) is 0 Å². The molecule has 88 valence electrons. The highest BCUT2D eigenvalue weighted by Gasteiger charge is 2.27. The van der Waals surface area contributed by atoms with E-state index in [9.17, 15) is 4.79 Å². The van der Waals surface area contributed by atoms with Crippen LogP contribution in [0.5, 0.6) is 0 Å². The zero-order valence-corrected chi connectivity index (χ0v) is 10.2. The topological polar surface area (TPSA) is 32.8 Å². The number of hydrogen-bond donors (Lipinski definition) is 0. The fourth-order valence-corrected chi connectivity index (χ4v) is 2.03. The lowest BCUT2D eigenvalue weighted by atomic mass is 10.2. The highest BCUT2D eigenvalue weighted by Crippen LogP contribution is 2.12. The predicted molar refractivity (Wildman–Crippen MR) is 59.9 cm³/mol. The van der Waals surface area contributed by atoms with Gasteiger partial charge in [-0.2, -0.15) is 0 Å². The molecule has 0 aromatic carbocycles. The van der Waals surface area contributed by atoms with Crippen LogP contribution in [0.4, 0.5) is 4.79 Å². The summed E-state index contributed by atoms with van der Waals surface area (Å²) in [5, 5.41) is 0. The standard InChI is InChI=1S/C11H22N2O2/c1-5-12(6-2)11(14)13-7-9(3)15-10(4)8-13/h9-10H,5-8H2,1-4H3/t9-,10+. The van der Waals surface area contributed by atoms with E-state index in [0.29, 0.717) is 13.1 Å². The average Bonchev–Trinajstić information content (AvgIpc) is 2.18.